The number of hydrogen-bond acceptors (Lipinski definition) is 6. The zero-order valence-corrected chi connectivity index (χ0v) is 20.1. The highest BCUT2D eigenvalue weighted by molar-refractivity contribution is 5.97. The number of aryl methyl sites for hydroxylation is 2. The van der Waals surface area contributed by atoms with Gasteiger partial charge in [-0.3, -0.25) is 9.59 Å². The van der Waals surface area contributed by atoms with Crippen molar-refractivity contribution in [1.82, 2.24) is 25.1 Å². The largest absolute Gasteiger partial charge is 0.444 e. The number of nitrogens with one attached hydrogen (secondary N) is 1. The molecule has 0 bridgehead atoms. The quantitative estimate of drug-likeness (QED) is 0.760. The van der Waals surface area contributed by atoms with Gasteiger partial charge in [0.2, 0.25) is 5.91 Å². The molecule has 1 aliphatic heterocycles. The second-order valence-corrected chi connectivity index (χ2v) is 9.30. The summed E-state index contributed by atoms with van der Waals surface area (Å²) in [4.78, 5) is 50.0. The third kappa shape index (κ3) is 6.63. The predicted octanol–water partition coefficient (Wildman–Crippen LogP) is 2.84. The monoisotopic (exact) mass is 455 g/mol. The van der Waals surface area contributed by atoms with E-state index in [1.165, 1.54) is 0 Å². The summed E-state index contributed by atoms with van der Waals surface area (Å²) < 4.78 is 5.18. The van der Waals surface area contributed by atoms with Gasteiger partial charge in [-0.1, -0.05) is 0 Å². The number of rotatable bonds is 4. The summed E-state index contributed by atoms with van der Waals surface area (Å²) in [6.07, 6.45) is 0.353. The van der Waals surface area contributed by atoms with E-state index in [0.29, 0.717) is 43.7 Å². The highest BCUT2D eigenvalue weighted by Gasteiger charge is 2.23. The van der Waals surface area contributed by atoms with E-state index < -0.39 is 11.7 Å². The number of fused-ring (bicyclic) bond motifs is 1. The molecule has 0 unspecified atom stereocenters. The van der Waals surface area contributed by atoms with Crippen LogP contribution in [0.5, 0.6) is 0 Å². The standard InChI is InChI=1S/C24H33N5O4/c1-16-17(2)27-20-15-18(7-8-19(20)26-16)22(31)29-12-6-11-28(13-14-29)21(30)9-10-25-23(32)33-24(3,4)5/h7-8,15H,6,9-14H2,1-5H3,(H,25,32). The maximum atomic E-state index is 13.1. The molecule has 1 aromatic heterocycles. The lowest BCUT2D eigenvalue weighted by Gasteiger charge is -2.23. The van der Waals surface area contributed by atoms with E-state index in [1.807, 2.05) is 19.9 Å². The maximum Gasteiger partial charge on any atom is 0.407 e. The van der Waals surface area contributed by atoms with Crippen molar-refractivity contribution >= 4 is 28.9 Å². The molecule has 9 nitrogen and oxygen atoms in total. The first kappa shape index (κ1) is 24.4. The number of aromatic nitrogens is 2. The molecular weight excluding hydrogens is 422 g/mol. The van der Waals surface area contributed by atoms with Crippen molar-refractivity contribution in [1.29, 1.82) is 0 Å². The molecule has 2 heterocycles. The fraction of sp³-hybridized carbons (Fsp3) is 0.542. The lowest BCUT2D eigenvalue weighted by Crippen LogP contribution is -2.39. The van der Waals surface area contributed by atoms with Gasteiger partial charge in [-0.15, -0.1) is 0 Å². The van der Waals surface area contributed by atoms with E-state index in [2.05, 4.69) is 15.3 Å². The van der Waals surface area contributed by atoms with Crippen molar-refractivity contribution in [2.75, 3.05) is 32.7 Å². The van der Waals surface area contributed by atoms with Gasteiger partial charge < -0.3 is 19.9 Å². The molecule has 1 fully saturated rings. The normalized spacial score (nSPS) is 14.7. The number of hydrogen-bond donors (Lipinski definition) is 1. The summed E-state index contributed by atoms with van der Waals surface area (Å²) in [6.45, 7) is 11.5. The Morgan fingerprint density at radius 1 is 0.970 bits per heavy atom. The zero-order chi connectivity index (χ0) is 24.2. The fourth-order valence-corrected chi connectivity index (χ4v) is 3.66. The van der Waals surface area contributed by atoms with Crippen LogP contribution in [0.25, 0.3) is 11.0 Å². The number of nitrogens with zero attached hydrogens (tertiary/aromatic N) is 4. The summed E-state index contributed by atoms with van der Waals surface area (Å²) in [5.41, 5.74) is 3.18. The summed E-state index contributed by atoms with van der Waals surface area (Å²) in [5.74, 6) is -0.120. The van der Waals surface area contributed by atoms with Crippen molar-refractivity contribution in [2.24, 2.45) is 0 Å². The molecule has 0 aliphatic carbocycles. The minimum atomic E-state index is -0.579. The topological polar surface area (TPSA) is 105 Å². The van der Waals surface area contributed by atoms with E-state index in [9.17, 15) is 14.4 Å². The van der Waals surface area contributed by atoms with Crippen LogP contribution >= 0.6 is 0 Å². The van der Waals surface area contributed by atoms with Crippen molar-refractivity contribution in [3.05, 3.63) is 35.2 Å². The SMILES string of the molecule is Cc1nc2ccc(C(=O)N3CCCN(C(=O)CCNC(=O)OC(C)(C)C)CC3)cc2nc1C. The van der Waals surface area contributed by atoms with Gasteiger partial charge >= 0.3 is 6.09 Å². The Balaban J connectivity index is 1.54. The minimum absolute atomic E-state index is 0.0489. The molecule has 0 saturated carbocycles. The molecule has 1 aliphatic rings. The van der Waals surface area contributed by atoms with E-state index in [0.717, 1.165) is 16.9 Å². The summed E-state index contributed by atoms with van der Waals surface area (Å²) in [6, 6.07) is 5.39. The van der Waals surface area contributed by atoms with Gasteiger partial charge in [-0.2, -0.15) is 0 Å². The predicted molar refractivity (Wildman–Crippen MR) is 125 cm³/mol. The molecule has 1 aromatic carbocycles. The smallest absolute Gasteiger partial charge is 0.407 e. The lowest BCUT2D eigenvalue weighted by atomic mass is 10.1. The Morgan fingerprint density at radius 2 is 1.61 bits per heavy atom. The second-order valence-electron chi connectivity index (χ2n) is 9.30. The van der Waals surface area contributed by atoms with Crippen LogP contribution in [-0.4, -0.2) is 76.0 Å². The van der Waals surface area contributed by atoms with E-state index >= 15 is 0 Å². The lowest BCUT2D eigenvalue weighted by molar-refractivity contribution is -0.130. The summed E-state index contributed by atoms with van der Waals surface area (Å²) in [5, 5.41) is 2.61. The third-order valence-corrected chi connectivity index (χ3v) is 5.47. The average Bonchev–Trinajstić information content (AvgIpc) is 2.99. The first-order valence-corrected chi connectivity index (χ1v) is 11.3. The molecular formula is C24H33N5O4. The molecule has 9 heteroatoms. The Labute approximate surface area is 194 Å². The molecule has 3 rings (SSSR count). The number of amides is 3. The minimum Gasteiger partial charge on any atom is -0.444 e. The maximum absolute atomic E-state index is 13.1. The van der Waals surface area contributed by atoms with Crippen LogP contribution in [0.2, 0.25) is 0 Å². The fourth-order valence-electron chi connectivity index (χ4n) is 3.66. The van der Waals surface area contributed by atoms with E-state index in [1.54, 1.807) is 42.7 Å². The van der Waals surface area contributed by atoms with Gasteiger partial charge in [0.05, 0.1) is 22.4 Å². The Hall–Kier alpha value is -3.23. The van der Waals surface area contributed by atoms with E-state index in [4.69, 9.17) is 4.74 Å². The van der Waals surface area contributed by atoms with Crippen LogP contribution in [0, 0.1) is 13.8 Å². The first-order chi connectivity index (χ1) is 15.5. The Morgan fingerprint density at radius 3 is 2.30 bits per heavy atom. The summed E-state index contributed by atoms with van der Waals surface area (Å²) in [7, 11) is 0. The molecule has 178 valence electrons. The Bertz CT molecular complexity index is 1050. The summed E-state index contributed by atoms with van der Waals surface area (Å²) >= 11 is 0. The van der Waals surface area contributed by atoms with Crippen LogP contribution in [0.15, 0.2) is 18.2 Å². The average molecular weight is 456 g/mol. The molecule has 0 spiro atoms. The van der Waals surface area contributed by atoms with Crippen LogP contribution < -0.4 is 5.32 Å². The molecule has 33 heavy (non-hydrogen) atoms. The van der Waals surface area contributed by atoms with Gasteiger partial charge in [-0.05, 0) is 59.2 Å². The van der Waals surface area contributed by atoms with Crippen molar-refractivity contribution in [2.45, 2.75) is 53.1 Å². The van der Waals surface area contributed by atoms with Crippen LogP contribution in [0.3, 0.4) is 0 Å². The second kappa shape index (κ2) is 10.1. The van der Waals surface area contributed by atoms with Gasteiger partial charge in [0.1, 0.15) is 5.60 Å². The molecule has 3 amide bonds. The molecule has 0 atom stereocenters. The van der Waals surface area contributed by atoms with Gasteiger partial charge in [0.15, 0.2) is 0 Å². The van der Waals surface area contributed by atoms with Gasteiger partial charge in [0.25, 0.3) is 5.91 Å². The highest BCUT2D eigenvalue weighted by atomic mass is 16.6. The zero-order valence-electron chi connectivity index (χ0n) is 20.1. The number of ether oxygens (including phenoxy) is 1. The number of alkyl carbamates (subject to hydrolysis) is 1. The number of carbonyl (C=O) groups excluding carboxylic acids is 3. The number of carbonyl (C=O) groups is 3. The highest BCUT2D eigenvalue weighted by Crippen LogP contribution is 2.17. The van der Waals surface area contributed by atoms with E-state index in [-0.39, 0.29) is 24.8 Å². The van der Waals surface area contributed by atoms with Crippen LogP contribution in [-0.2, 0) is 9.53 Å². The molecule has 1 saturated heterocycles. The first-order valence-electron chi connectivity index (χ1n) is 11.3. The third-order valence-electron chi connectivity index (χ3n) is 5.47. The molecule has 0 radical (unpaired) electrons. The van der Waals surface area contributed by atoms with Crippen molar-refractivity contribution in [3.8, 4) is 0 Å². The van der Waals surface area contributed by atoms with Crippen molar-refractivity contribution in [3.63, 3.8) is 0 Å². The molecule has 2 aromatic rings. The molecule has 1 N–H and O–H groups in total. The van der Waals surface area contributed by atoms with Crippen molar-refractivity contribution < 1.29 is 19.1 Å². The Kier molecular flexibility index (Phi) is 7.50. The van der Waals surface area contributed by atoms with Gasteiger partial charge in [0, 0.05) is 44.7 Å². The van der Waals surface area contributed by atoms with Crippen LogP contribution in [0.4, 0.5) is 4.79 Å². The number of benzene rings is 1. The van der Waals surface area contributed by atoms with Crippen LogP contribution in [0.1, 0.15) is 55.4 Å². The van der Waals surface area contributed by atoms with Gasteiger partial charge in [-0.25, -0.2) is 14.8 Å².